The van der Waals surface area contributed by atoms with Crippen molar-refractivity contribution in [1.29, 1.82) is 0 Å². The molecule has 9 heavy (non-hydrogen) atoms. The van der Waals surface area contributed by atoms with E-state index < -0.39 is 0 Å². The summed E-state index contributed by atoms with van der Waals surface area (Å²) < 4.78 is 4.75. The van der Waals surface area contributed by atoms with Crippen LogP contribution in [-0.4, -0.2) is 15.2 Å². The van der Waals surface area contributed by atoms with Crippen molar-refractivity contribution in [3.05, 3.63) is 12.3 Å². The quantitative estimate of drug-likeness (QED) is 0.585. The van der Waals surface area contributed by atoms with Crippen molar-refractivity contribution in [3.63, 3.8) is 0 Å². The first-order chi connectivity index (χ1) is 4.29. The number of thiocarbonyl (C=S) groups is 1. The molecule has 0 aliphatic heterocycles. The number of nitrogens with two attached hydrogens (primary N) is 1. The zero-order valence-electron chi connectivity index (χ0n) is 4.57. The topological polar surface area (TPSA) is 64.9 Å². The highest BCUT2D eigenvalue weighted by Crippen LogP contribution is 1.91. The zero-order chi connectivity index (χ0) is 6.69. The molecule has 0 bridgehead atoms. The standard InChI is InChI=1S/C4H5N3OS/c5-3(9)1-4-7-6-2-8-4/h2H,1H2,(H2,5,9). The number of hydrogen-bond donors (Lipinski definition) is 1. The molecule has 0 saturated heterocycles. The fourth-order valence-corrected chi connectivity index (χ4v) is 0.545. The lowest BCUT2D eigenvalue weighted by Gasteiger charge is -1.86. The SMILES string of the molecule is NC(=S)Cc1nnco1. The summed E-state index contributed by atoms with van der Waals surface area (Å²) in [5.41, 5.74) is 5.19. The van der Waals surface area contributed by atoms with Gasteiger partial charge in [0.05, 0.1) is 11.4 Å². The van der Waals surface area contributed by atoms with Crippen molar-refractivity contribution >= 4 is 17.2 Å². The van der Waals surface area contributed by atoms with Crippen molar-refractivity contribution in [3.8, 4) is 0 Å². The van der Waals surface area contributed by atoms with Gasteiger partial charge < -0.3 is 10.2 Å². The van der Waals surface area contributed by atoms with Gasteiger partial charge in [0, 0.05) is 0 Å². The third-order valence-electron chi connectivity index (χ3n) is 0.731. The summed E-state index contributed by atoms with van der Waals surface area (Å²) in [6, 6.07) is 0. The smallest absolute Gasteiger partial charge is 0.222 e. The minimum atomic E-state index is 0.360. The molecule has 5 heteroatoms. The zero-order valence-corrected chi connectivity index (χ0v) is 5.39. The van der Waals surface area contributed by atoms with Gasteiger partial charge >= 0.3 is 0 Å². The number of rotatable bonds is 2. The monoisotopic (exact) mass is 143 g/mol. The maximum absolute atomic E-state index is 5.19. The van der Waals surface area contributed by atoms with E-state index in [-0.39, 0.29) is 0 Å². The Morgan fingerprint density at radius 2 is 2.67 bits per heavy atom. The maximum atomic E-state index is 5.19. The second-order valence-electron chi connectivity index (χ2n) is 1.48. The van der Waals surface area contributed by atoms with Gasteiger partial charge in [0.25, 0.3) is 0 Å². The van der Waals surface area contributed by atoms with Crippen molar-refractivity contribution in [1.82, 2.24) is 10.2 Å². The van der Waals surface area contributed by atoms with Crippen LogP contribution in [0, 0.1) is 0 Å². The largest absolute Gasteiger partial charge is 0.428 e. The van der Waals surface area contributed by atoms with Gasteiger partial charge in [-0.3, -0.25) is 0 Å². The molecule has 2 N–H and O–H groups in total. The predicted octanol–water partition coefficient (Wildman–Crippen LogP) is -0.102. The molecule has 0 aromatic carbocycles. The Balaban J connectivity index is 2.58. The van der Waals surface area contributed by atoms with Crippen molar-refractivity contribution in [2.24, 2.45) is 5.73 Å². The van der Waals surface area contributed by atoms with Gasteiger partial charge in [-0.05, 0) is 0 Å². The number of aromatic nitrogens is 2. The summed E-state index contributed by atoms with van der Waals surface area (Å²) in [5, 5.41) is 7.02. The van der Waals surface area contributed by atoms with Gasteiger partial charge in [-0.2, -0.15) is 0 Å². The van der Waals surface area contributed by atoms with Gasteiger partial charge in [0.15, 0.2) is 0 Å². The average molecular weight is 143 g/mol. The van der Waals surface area contributed by atoms with E-state index in [1.54, 1.807) is 0 Å². The van der Waals surface area contributed by atoms with E-state index in [9.17, 15) is 0 Å². The molecule has 1 aromatic rings. The molecule has 0 atom stereocenters. The van der Waals surface area contributed by atoms with Crippen LogP contribution >= 0.6 is 12.2 Å². The Morgan fingerprint density at radius 1 is 1.89 bits per heavy atom. The molecule has 0 amide bonds. The van der Waals surface area contributed by atoms with Crippen LogP contribution in [0.5, 0.6) is 0 Å². The summed E-state index contributed by atoms with van der Waals surface area (Å²) in [4.78, 5) is 0.360. The van der Waals surface area contributed by atoms with Gasteiger partial charge in [0.1, 0.15) is 0 Å². The highest BCUT2D eigenvalue weighted by atomic mass is 32.1. The molecule has 1 heterocycles. The van der Waals surface area contributed by atoms with Crippen LogP contribution in [0.3, 0.4) is 0 Å². The Bertz CT molecular complexity index is 196. The van der Waals surface area contributed by atoms with E-state index in [0.717, 1.165) is 0 Å². The Labute approximate surface area is 57.1 Å². The molecular formula is C4H5N3OS. The second-order valence-corrected chi connectivity index (χ2v) is 2.00. The van der Waals surface area contributed by atoms with Gasteiger partial charge in [0.2, 0.25) is 12.3 Å². The van der Waals surface area contributed by atoms with Crippen molar-refractivity contribution in [2.45, 2.75) is 6.42 Å². The van der Waals surface area contributed by atoms with Crippen LogP contribution in [0.15, 0.2) is 10.8 Å². The molecule has 1 aromatic heterocycles. The molecular weight excluding hydrogens is 138 g/mol. The molecule has 1 rings (SSSR count). The number of nitrogens with zero attached hydrogens (tertiary/aromatic N) is 2. The highest BCUT2D eigenvalue weighted by molar-refractivity contribution is 7.80. The second kappa shape index (κ2) is 2.54. The molecule has 0 fully saturated rings. The van der Waals surface area contributed by atoms with Crippen LogP contribution in [0.25, 0.3) is 0 Å². The van der Waals surface area contributed by atoms with Crippen LogP contribution in [0.1, 0.15) is 5.89 Å². The third kappa shape index (κ3) is 1.77. The molecule has 0 aliphatic carbocycles. The predicted molar refractivity (Wildman–Crippen MR) is 34.8 cm³/mol. The maximum Gasteiger partial charge on any atom is 0.222 e. The first-order valence-corrected chi connectivity index (χ1v) is 2.73. The van der Waals surface area contributed by atoms with E-state index in [2.05, 4.69) is 22.4 Å². The summed E-state index contributed by atoms with van der Waals surface area (Å²) >= 11 is 4.59. The van der Waals surface area contributed by atoms with E-state index in [1.807, 2.05) is 0 Å². The molecule has 48 valence electrons. The summed E-state index contributed by atoms with van der Waals surface area (Å²) in [6.07, 6.45) is 1.63. The lowest BCUT2D eigenvalue weighted by molar-refractivity contribution is 0.511. The molecule has 0 radical (unpaired) electrons. The fraction of sp³-hybridized carbons (Fsp3) is 0.250. The average Bonchev–Trinajstić information content (AvgIpc) is 2.15. The minimum absolute atomic E-state index is 0.360. The number of hydrogen-bond acceptors (Lipinski definition) is 4. The Kier molecular flexibility index (Phi) is 1.74. The van der Waals surface area contributed by atoms with E-state index >= 15 is 0 Å². The minimum Gasteiger partial charge on any atom is -0.428 e. The van der Waals surface area contributed by atoms with E-state index in [4.69, 9.17) is 10.2 Å². The van der Waals surface area contributed by atoms with E-state index in [0.29, 0.717) is 17.3 Å². The summed E-state index contributed by atoms with van der Waals surface area (Å²) in [5.74, 6) is 0.461. The van der Waals surface area contributed by atoms with Crippen LogP contribution in [0.2, 0.25) is 0 Å². The van der Waals surface area contributed by atoms with Gasteiger partial charge in [-0.15, -0.1) is 10.2 Å². The first kappa shape index (κ1) is 6.15. The normalized spacial score (nSPS) is 9.33. The summed E-state index contributed by atoms with van der Waals surface area (Å²) in [6.45, 7) is 0. The lowest BCUT2D eigenvalue weighted by atomic mass is 10.4. The van der Waals surface area contributed by atoms with Crippen LogP contribution in [0.4, 0.5) is 0 Å². The third-order valence-corrected chi connectivity index (χ3v) is 0.875. The van der Waals surface area contributed by atoms with Gasteiger partial charge in [-0.1, -0.05) is 12.2 Å². The van der Waals surface area contributed by atoms with Gasteiger partial charge in [-0.25, -0.2) is 0 Å². The fourth-order valence-electron chi connectivity index (χ4n) is 0.422. The van der Waals surface area contributed by atoms with Crippen molar-refractivity contribution < 1.29 is 4.42 Å². The lowest BCUT2D eigenvalue weighted by Crippen LogP contribution is -2.11. The van der Waals surface area contributed by atoms with Crippen LogP contribution in [-0.2, 0) is 6.42 Å². The molecule has 0 saturated carbocycles. The Hall–Kier alpha value is -0.970. The highest BCUT2D eigenvalue weighted by Gasteiger charge is 1.98. The Morgan fingerprint density at radius 3 is 3.11 bits per heavy atom. The summed E-state index contributed by atoms with van der Waals surface area (Å²) in [7, 11) is 0. The molecule has 0 aliphatic rings. The molecule has 0 unspecified atom stereocenters. The van der Waals surface area contributed by atoms with Crippen molar-refractivity contribution in [2.75, 3.05) is 0 Å². The van der Waals surface area contributed by atoms with E-state index in [1.165, 1.54) is 6.39 Å². The molecule has 4 nitrogen and oxygen atoms in total. The van der Waals surface area contributed by atoms with Crippen LogP contribution < -0.4 is 5.73 Å². The molecule has 0 spiro atoms. The first-order valence-electron chi connectivity index (χ1n) is 2.32.